The summed E-state index contributed by atoms with van der Waals surface area (Å²) in [6.45, 7) is 4.20. The average Bonchev–Trinajstić information content (AvgIpc) is 3.21. The first-order valence-corrected chi connectivity index (χ1v) is 11.8. The summed E-state index contributed by atoms with van der Waals surface area (Å²) in [4.78, 5) is 20.9. The molecule has 29 heavy (non-hydrogen) atoms. The molecule has 0 aliphatic rings. The van der Waals surface area contributed by atoms with Crippen molar-refractivity contribution < 1.29 is 18.4 Å². The number of hydrogen-bond acceptors (Lipinski definition) is 7. The van der Waals surface area contributed by atoms with E-state index < -0.39 is 7.60 Å². The van der Waals surface area contributed by atoms with Crippen molar-refractivity contribution in [2.45, 2.75) is 20.0 Å². The summed E-state index contributed by atoms with van der Waals surface area (Å²) < 4.78 is 23.3. The molecule has 3 rings (SSSR count). The van der Waals surface area contributed by atoms with Crippen molar-refractivity contribution in [3.05, 3.63) is 65.4 Å². The maximum atomic E-state index is 12.6. The van der Waals surface area contributed by atoms with Crippen LogP contribution in [0.3, 0.4) is 0 Å². The van der Waals surface area contributed by atoms with Crippen LogP contribution in [0, 0.1) is 0 Å². The fourth-order valence-electron chi connectivity index (χ4n) is 2.63. The highest BCUT2D eigenvalue weighted by molar-refractivity contribution is 7.53. The Hall–Kier alpha value is -2.38. The van der Waals surface area contributed by atoms with Crippen molar-refractivity contribution in [1.82, 2.24) is 9.97 Å². The van der Waals surface area contributed by atoms with E-state index in [-0.39, 0.29) is 12.1 Å². The molecule has 0 unspecified atom stereocenters. The Morgan fingerprint density at radius 1 is 1.14 bits per heavy atom. The zero-order valence-electron chi connectivity index (χ0n) is 16.2. The topological polar surface area (TPSA) is 90.4 Å². The van der Waals surface area contributed by atoms with Crippen LogP contribution in [0.15, 0.2) is 54.2 Å². The second-order valence-electron chi connectivity index (χ2n) is 6.04. The Bertz CT molecular complexity index is 982. The molecule has 2 aromatic heterocycles. The molecule has 2 heterocycles. The van der Waals surface area contributed by atoms with E-state index in [1.165, 1.54) is 11.3 Å². The Kier molecular flexibility index (Phi) is 7.28. The monoisotopic (exact) mass is 431 g/mol. The zero-order chi connectivity index (χ0) is 20.7. The van der Waals surface area contributed by atoms with Crippen molar-refractivity contribution in [3.63, 3.8) is 0 Å². The fourth-order valence-corrected chi connectivity index (χ4v) is 5.13. The summed E-state index contributed by atoms with van der Waals surface area (Å²) in [6, 6.07) is 10.8. The minimum Gasteiger partial charge on any atom is -0.321 e. The molecular weight excluding hydrogens is 409 g/mol. The lowest BCUT2D eigenvalue weighted by Gasteiger charge is -2.17. The summed E-state index contributed by atoms with van der Waals surface area (Å²) in [5.74, 6) is -0.293. The van der Waals surface area contributed by atoms with E-state index in [1.54, 1.807) is 55.9 Å². The Morgan fingerprint density at radius 2 is 1.86 bits per heavy atom. The van der Waals surface area contributed by atoms with Gasteiger partial charge in [-0.1, -0.05) is 12.1 Å². The number of carbonyl (C=O) groups excluding carboxylic acids is 1. The molecule has 0 spiro atoms. The number of aromatic nitrogens is 2. The maximum absolute atomic E-state index is 12.6. The van der Waals surface area contributed by atoms with Gasteiger partial charge in [0.1, 0.15) is 10.7 Å². The van der Waals surface area contributed by atoms with Gasteiger partial charge in [0.15, 0.2) is 0 Å². The molecule has 0 saturated heterocycles. The lowest BCUT2D eigenvalue weighted by atomic mass is 10.2. The van der Waals surface area contributed by atoms with Crippen LogP contribution >= 0.6 is 18.9 Å². The lowest BCUT2D eigenvalue weighted by molar-refractivity contribution is 0.102. The summed E-state index contributed by atoms with van der Waals surface area (Å²) in [5, 5.41) is 5.27. The van der Waals surface area contributed by atoms with Gasteiger partial charge in [-0.3, -0.25) is 14.3 Å². The van der Waals surface area contributed by atoms with Crippen LogP contribution in [0.25, 0.3) is 10.6 Å². The van der Waals surface area contributed by atoms with E-state index in [0.29, 0.717) is 24.6 Å². The minimum atomic E-state index is -3.16. The first-order valence-electron chi connectivity index (χ1n) is 9.17. The van der Waals surface area contributed by atoms with Crippen molar-refractivity contribution in [2.75, 3.05) is 18.5 Å². The first kappa shape index (κ1) is 21.3. The number of thiazole rings is 1. The molecular formula is C20H22N3O4PS. The third-order valence-electron chi connectivity index (χ3n) is 3.88. The SMILES string of the molecule is CCOP(=O)(Cc1ccc(NC(=O)c2csc(-c3cccnc3)n2)cc1)OCC. The number of hydrogen-bond donors (Lipinski definition) is 1. The molecule has 0 fully saturated rings. The van der Waals surface area contributed by atoms with E-state index in [4.69, 9.17) is 9.05 Å². The largest absolute Gasteiger partial charge is 0.335 e. The molecule has 1 amide bonds. The number of amides is 1. The minimum absolute atomic E-state index is 0.184. The average molecular weight is 431 g/mol. The third kappa shape index (κ3) is 5.81. The number of anilines is 1. The molecule has 0 aliphatic heterocycles. The van der Waals surface area contributed by atoms with Crippen molar-refractivity contribution in [3.8, 4) is 10.6 Å². The second kappa shape index (κ2) is 9.89. The van der Waals surface area contributed by atoms with Crippen LogP contribution in [0.2, 0.25) is 0 Å². The Labute approximate surface area is 173 Å². The van der Waals surface area contributed by atoms with E-state index in [9.17, 15) is 9.36 Å². The molecule has 3 aromatic rings. The lowest BCUT2D eigenvalue weighted by Crippen LogP contribution is -2.12. The summed E-state index contributed by atoms with van der Waals surface area (Å²) >= 11 is 1.39. The van der Waals surface area contributed by atoms with Crippen LogP contribution in [-0.4, -0.2) is 29.1 Å². The zero-order valence-corrected chi connectivity index (χ0v) is 17.9. The van der Waals surface area contributed by atoms with E-state index in [1.807, 2.05) is 12.1 Å². The molecule has 0 aliphatic carbocycles. The van der Waals surface area contributed by atoms with Crippen LogP contribution in [0.5, 0.6) is 0 Å². The van der Waals surface area contributed by atoms with Gasteiger partial charge in [-0.15, -0.1) is 11.3 Å². The molecule has 9 heteroatoms. The van der Waals surface area contributed by atoms with Crippen LogP contribution < -0.4 is 5.32 Å². The molecule has 0 atom stereocenters. The van der Waals surface area contributed by atoms with Gasteiger partial charge in [0.05, 0.1) is 19.4 Å². The number of pyridine rings is 1. The molecule has 7 nitrogen and oxygen atoms in total. The predicted octanol–water partition coefficient (Wildman–Crippen LogP) is 5.22. The predicted molar refractivity (Wildman–Crippen MR) is 114 cm³/mol. The normalized spacial score (nSPS) is 11.4. The molecule has 1 N–H and O–H groups in total. The first-order chi connectivity index (χ1) is 14.0. The number of nitrogens with one attached hydrogen (secondary N) is 1. The Balaban J connectivity index is 1.64. The molecule has 0 radical (unpaired) electrons. The van der Waals surface area contributed by atoms with Gasteiger partial charge < -0.3 is 14.4 Å². The van der Waals surface area contributed by atoms with Gasteiger partial charge in [0.25, 0.3) is 5.91 Å². The molecule has 1 aromatic carbocycles. The second-order valence-corrected chi connectivity index (χ2v) is 8.95. The highest BCUT2D eigenvalue weighted by Crippen LogP contribution is 2.51. The van der Waals surface area contributed by atoms with Crippen LogP contribution in [0.4, 0.5) is 5.69 Å². The summed E-state index contributed by atoms with van der Waals surface area (Å²) in [6.07, 6.45) is 3.59. The van der Waals surface area contributed by atoms with Crippen LogP contribution in [0.1, 0.15) is 29.9 Å². The van der Waals surface area contributed by atoms with E-state index >= 15 is 0 Å². The van der Waals surface area contributed by atoms with Gasteiger partial charge in [-0.05, 0) is 43.7 Å². The number of nitrogens with zero attached hydrogens (tertiary/aromatic N) is 2. The van der Waals surface area contributed by atoms with Gasteiger partial charge in [-0.25, -0.2) is 4.98 Å². The number of benzene rings is 1. The van der Waals surface area contributed by atoms with Crippen molar-refractivity contribution >= 4 is 30.5 Å². The Morgan fingerprint density at radius 3 is 2.48 bits per heavy atom. The molecule has 152 valence electrons. The molecule has 0 saturated carbocycles. The highest BCUT2D eigenvalue weighted by Gasteiger charge is 2.24. The maximum Gasteiger partial charge on any atom is 0.335 e. The van der Waals surface area contributed by atoms with Crippen molar-refractivity contribution in [2.24, 2.45) is 0 Å². The van der Waals surface area contributed by atoms with E-state index in [0.717, 1.165) is 16.1 Å². The van der Waals surface area contributed by atoms with Crippen LogP contribution in [-0.2, 0) is 19.8 Å². The van der Waals surface area contributed by atoms with Gasteiger partial charge >= 0.3 is 7.60 Å². The third-order valence-corrected chi connectivity index (χ3v) is 6.83. The van der Waals surface area contributed by atoms with Gasteiger partial charge in [0.2, 0.25) is 0 Å². The smallest absolute Gasteiger partial charge is 0.321 e. The van der Waals surface area contributed by atoms with Gasteiger partial charge in [0, 0.05) is 29.0 Å². The number of rotatable bonds is 9. The fraction of sp³-hybridized carbons (Fsp3) is 0.250. The van der Waals surface area contributed by atoms with Crippen molar-refractivity contribution in [1.29, 1.82) is 0 Å². The summed E-state index contributed by atoms with van der Waals surface area (Å²) in [5.41, 5.74) is 2.64. The standard InChI is InChI=1S/C20H22N3O4PS/c1-3-26-28(25,27-4-2)13-15-7-9-17(10-8-15)22-19(24)18-14-29-20(23-18)16-6-5-11-21-12-16/h5-12,14H,3-4,13H2,1-2H3,(H,22,24). The highest BCUT2D eigenvalue weighted by atomic mass is 32.1. The molecule has 0 bridgehead atoms. The quantitative estimate of drug-likeness (QED) is 0.467. The van der Waals surface area contributed by atoms with E-state index in [2.05, 4.69) is 15.3 Å². The van der Waals surface area contributed by atoms with Gasteiger partial charge in [-0.2, -0.15) is 0 Å². The number of carbonyl (C=O) groups is 1. The summed E-state index contributed by atoms with van der Waals surface area (Å²) in [7, 11) is -3.16.